The highest BCUT2D eigenvalue weighted by molar-refractivity contribution is 5.69. The van der Waals surface area contributed by atoms with Crippen LogP contribution < -0.4 is 0 Å². The molecule has 19 heavy (non-hydrogen) atoms. The fourth-order valence-electron chi connectivity index (χ4n) is 3.20. The predicted molar refractivity (Wildman–Crippen MR) is 71.4 cm³/mol. The summed E-state index contributed by atoms with van der Waals surface area (Å²) in [6.07, 6.45) is 8.84. The topological polar surface area (TPSA) is 44.8 Å². The molecule has 4 heteroatoms. The average molecular weight is 266 g/mol. The van der Waals surface area contributed by atoms with Crippen LogP contribution in [0.4, 0.5) is 0 Å². The Kier molecular flexibility index (Phi) is 4.77. The van der Waals surface area contributed by atoms with Crippen molar-refractivity contribution >= 4 is 5.97 Å². The summed E-state index contributed by atoms with van der Waals surface area (Å²) in [5.74, 6) is -0.160. The van der Waals surface area contributed by atoms with Crippen molar-refractivity contribution in [3.63, 3.8) is 0 Å². The molecule has 2 rings (SSSR count). The van der Waals surface area contributed by atoms with Gasteiger partial charge in [0.05, 0.1) is 20.3 Å². The van der Waals surface area contributed by atoms with Crippen LogP contribution in [0.1, 0.15) is 25.7 Å². The molecule has 1 spiro atoms. The lowest BCUT2D eigenvalue weighted by Crippen LogP contribution is -2.37. The lowest BCUT2D eigenvalue weighted by molar-refractivity contribution is -0.186. The number of carbonyl (C=O) groups excluding carboxylic acids is 1. The minimum Gasteiger partial charge on any atom is -0.469 e. The van der Waals surface area contributed by atoms with Crippen LogP contribution in [0.5, 0.6) is 0 Å². The Morgan fingerprint density at radius 2 is 2.21 bits per heavy atom. The molecule has 0 aromatic rings. The van der Waals surface area contributed by atoms with Crippen molar-refractivity contribution in [2.75, 3.05) is 20.3 Å². The van der Waals surface area contributed by atoms with Crippen LogP contribution in [0.3, 0.4) is 0 Å². The number of allylic oxidation sites excluding steroid dienone is 3. The van der Waals surface area contributed by atoms with E-state index >= 15 is 0 Å². The van der Waals surface area contributed by atoms with E-state index in [9.17, 15) is 4.79 Å². The van der Waals surface area contributed by atoms with Gasteiger partial charge in [0.15, 0.2) is 5.79 Å². The zero-order valence-corrected chi connectivity index (χ0v) is 11.5. The Morgan fingerprint density at radius 3 is 2.84 bits per heavy atom. The molecule has 0 unspecified atom stereocenters. The van der Waals surface area contributed by atoms with E-state index in [2.05, 4.69) is 12.7 Å². The third-order valence-electron chi connectivity index (χ3n) is 4.09. The van der Waals surface area contributed by atoms with Crippen LogP contribution >= 0.6 is 0 Å². The number of methoxy groups -OCH3 is 1. The molecule has 4 nitrogen and oxygen atoms in total. The van der Waals surface area contributed by atoms with Gasteiger partial charge in [-0.15, -0.1) is 0 Å². The first-order valence-corrected chi connectivity index (χ1v) is 6.84. The lowest BCUT2D eigenvalue weighted by atomic mass is 9.87. The molecule has 2 aliphatic rings. The van der Waals surface area contributed by atoms with E-state index in [-0.39, 0.29) is 17.8 Å². The quantitative estimate of drug-likeness (QED) is 0.566. The zero-order chi connectivity index (χ0) is 13.7. The van der Waals surface area contributed by atoms with Gasteiger partial charge in [-0.25, -0.2) is 0 Å². The van der Waals surface area contributed by atoms with Gasteiger partial charge in [-0.3, -0.25) is 4.79 Å². The van der Waals surface area contributed by atoms with Gasteiger partial charge < -0.3 is 14.2 Å². The van der Waals surface area contributed by atoms with Crippen molar-refractivity contribution in [1.82, 2.24) is 0 Å². The molecule has 0 amide bonds. The van der Waals surface area contributed by atoms with E-state index in [1.54, 1.807) is 6.08 Å². The summed E-state index contributed by atoms with van der Waals surface area (Å²) in [4.78, 5) is 11.5. The van der Waals surface area contributed by atoms with Crippen LogP contribution in [0, 0.1) is 11.8 Å². The van der Waals surface area contributed by atoms with Crippen molar-refractivity contribution < 1.29 is 19.0 Å². The average Bonchev–Trinajstić information content (AvgIpc) is 3.01. The zero-order valence-electron chi connectivity index (χ0n) is 11.5. The standard InChI is InChI=1S/C15H22O4/c1-3-4-5-6-13-12(11-14(16)17-2)7-8-15(13)18-9-10-19-15/h3-5,12-13H,1,6-11H2,2H3/b5-4+/t12-,13-/m1/s1. The second-order valence-electron chi connectivity index (χ2n) is 5.09. The Morgan fingerprint density at radius 1 is 1.47 bits per heavy atom. The number of ether oxygens (including phenoxy) is 3. The molecular formula is C15H22O4. The van der Waals surface area contributed by atoms with E-state index in [4.69, 9.17) is 14.2 Å². The van der Waals surface area contributed by atoms with Gasteiger partial charge in [0.25, 0.3) is 0 Å². The summed E-state index contributed by atoms with van der Waals surface area (Å²) in [5.41, 5.74) is 0. The molecule has 0 bridgehead atoms. The fraction of sp³-hybridized carbons (Fsp3) is 0.667. The maximum Gasteiger partial charge on any atom is 0.305 e. The maximum absolute atomic E-state index is 11.5. The Bertz CT molecular complexity index is 355. The van der Waals surface area contributed by atoms with Gasteiger partial charge in [0, 0.05) is 18.8 Å². The van der Waals surface area contributed by atoms with Gasteiger partial charge in [-0.05, 0) is 18.8 Å². The van der Waals surface area contributed by atoms with E-state index in [1.165, 1.54) is 7.11 Å². The number of esters is 1. The third kappa shape index (κ3) is 3.07. The molecule has 1 saturated heterocycles. The maximum atomic E-state index is 11.5. The Labute approximate surface area is 114 Å². The third-order valence-corrected chi connectivity index (χ3v) is 4.09. The summed E-state index contributed by atoms with van der Waals surface area (Å²) in [6.45, 7) is 4.96. The fourth-order valence-corrected chi connectivity index (χ4v) is 3.20. The van der Waals surface area contributed by atoms with Crippen molar-refractivity contribution in [3.05, 3.63) is 24.8 Å². The number of hydrogen-bond donors (Lipinski definition) is 0. The van der Waals surface area contributed by atoms with Gasteiger partial charge >= 0.3 is 5.97 Å². The monoisotopic (exact) mass is 266 g/mol. The molecule has 0 radical (unpaired) electrons. The minimum atomic E-state index is -0.482. The SMILES string of the molecule is C=C/C=C/C[C@@H]1[C@@H](CC(=O)OC)CCC12OCCO2. The molecule has 1 heterocycles. The first kappa shape index (κ1) is 14.3. The number of rotatable bonds is 5. The lowest BCUT2D eigenvalue weighted by Gasteiger charge is -2.31. The van der Waals surface area contributed by atoms with E-state index in [0.717, 1.165) is 19.3 Å². The molecule has 0 aromatic carbocycles. The molecular weight excluding hydrogens is 244 g/mol. The second-order valence-corrected chi connectivity index (χ2v) is 5.09. The van der Waals surface area contributed by atoms with Crippen LogP contribution in [-0.2, 0) is 19.0 Å². The first-order valence-electron chi connectivity index (χ1n) is 6.84. The van der Waals surface area contributed by atoms with Crippen molar-refractivity contribution in [2.24, 2.45) is 11.8 Å². The molecule has 0 aromatic heterocycles. The summed E-state index contributed by atoms with van der Waals surface area (Å²) in [5, 5.41) is 0. The van der Waals surface area contributed by atoms with Gasteiger partial charge in [0.1, 0.15) is 0 Å². The van der Waals surface area contributed by atoms with Crippen molar-refractivity contribution in [2.45, 2.75) is 31.5 Å². The van der Waals surface area contributed by atoms with Gasteiger partial charge in [-0.2, -0.15) is 0 Å². The summed E-state index contributed by atoms with van der Waals surface area (Å²) < 4.78 is 16.5. The first-order chi connectivity index (χ1) is 9.22. The summed E-state index contributed by atoms with van der Waals surface area (Å²) in [7, 11) is 1.43. The van der Waals surface area contributed by atoms with Crippen molar-refractivity contribution in [3.8, 4) is 0 Å². The normalized spacial score (nSPS) is 29.1. The number of carbonyl (C=O) groups is 1. The molecule has 2 fully saturated rings. The molecule has 1 aliphatic carbocycles. The van der Waals surface area contributed by atoms with E-state index in [1.807, 2.05) is 6.08 Å². The largest absolute Gasteiger partial charge is 0.469 e. The predicted octanol–water partition coefficient (Wildman–Crippen LogP) is 2.45. The number of hydrogen-bond acceptors (Lipinski definition) is 4. The molecule has 1 saturated carbocycles. The van der Waals surface area contributed by atoms with E-state index in [0.29, 0.717) is 19.6 Å². The smallest absolute Gasteiger partial charge is 0.305 e. The summed E-state index contributed by atoms with van der Waals surface area (Å²) in [6, 6.07) is 0. The van der Waals surface area contributed by atoms with E-state index < -0.39 is 5.79 Å². The van der Waals surface area contributed by atoms with Crippen LogP contribution in [0.15, 0.2) is 24.8 Å². The summed E-state index contributed by atoms with van der Waals surface area (Å²) >= 11 is 0. The molecule has 2 atom stereocenters. The highest BCUT2D eigenvalue weighted by atomic mass is 16.7. The minimum absolute atomic E-state index is 0.155. The van der Waals surface area contributed by atoms with Crippen LogP contribution in [-0.4, -0.2) is 32.1 Å². The molecule has 0 N–H and O–H groups in total. The second kappa shape index (κ2) is 6.35. The highest BCUT2D eigenvalue weighted by Crippen LogP contribution is 2.49. The van der Waals surface area contributed by atoms with Gasteiger partial charge in [-0.1, -0.05) is 24.8 Å². The van der Waals surface area contributed by atoms with Gasteiger partial charge in [0.2, 0.25) is 0 Å². The highest BCUT2D eigenvalue weighted by Gasteiger charge is 2.52. The molecule has 1 aliphatic heterocycles. The Balaban J connectivity index is 2.07. The molecule has 106 valence electrons. The Hall–Kier alpha value is -1.13. The van der Waals surface area contributed by atoms with Crippen molar-refractivity contribution in [1.29, 1.82) is 0 Å². The van der Waals surface area contributed by atoms with Crippen LogP contribution in [0.25, 0.3) is 0 Å². The van der Waals surface area contributed by atoms with Crippen LogP contribution in [0.2, 0.25) is 0 Å².